The van der Waals surface area contributed by atoms with Gasteiger partial charge in [0, 0.05) is 18.1 Å². The molecule has 0 radical (unpaired) electrons. The monoisotopic (exact) mass is 225 g/mol. The van der Waals surface area contributed by atoms with Crippen LogP contribution >= 0.6 is 11.6 Å². The maximum atomic E-state index is 6.28. The Bertz CT molecular complexity index is 291. The molecule has 1 aliphatic carbocycles. The average Bonchev–Trinajstić information content (AvgIpc) is 2.29. The Morgan fingerprint density at radius 3 is 3.00 bits per heavy atom. The van der Waals surface area contributed by atoms with E-state index in [1.54, 1.807) is 12.5 Å². The van der Waals surface area contributed by atoms with E-state index >= 15 is 0 Å². The van der Waals surface area contributed by atoms with E-state index in [2.05, 4.69) is 15.3 Å². The zero-order valence-corrected chi connectivity index (χ0v) is 9.45. The Morgan fingerprint density at radius 2 is 2.27 bits per heavy atom. The first-order chi connectivity index (χ1) is 7.36. The Labute approximate surface area is 95.3 Å². The molecule has 1 aromatic heterocycles. The standard InChI is InChI=1S/C11H16ClN3/c12-10-4-2-1-3-9(10)7-14-11-5-6-13-8-15-11/h5-6,8-10H,1-4,7H2,(H,13,14,15). The molecule has 0 aliphatic heterocycles. The Morgan fingerprint density at radius 1 is 1.40 bits per heavy atom. The van der Waals surface area contributed by atoms with Crippen LogP contribution in [0.1, 0.15) is 25.7 Å². The van der Waals surface area contributed by atoms with Crippen molar-refractivity contribution in [2.75, 3.05) is 11.9 Å². The Hall–Kier alpha value is -0.830. The Kier molecular flexibility index (Phi) is 3.78. The molecule has 2 unspecified atom stereocenters. The number of hydrogen-bond acceptors (Lipinski definition) is 3. The highest BCUT2D eigenvalue weighted by Gasteiger charge is 2.22. The van der Waals surface area contributed by atoms with Crippen molar-refractivity contribution in [3.05, 3.63) is 18.6 Å². The zero-order chi connectivity index (χ0) is 10.5. The van der Waals surface area contributed by atoms with Crippen LogP contribution in [0.4, 0.5) is 5.82 Å². The molecule has 15 heavy (non-hydrogen) atoms. The summed E-state index contributed by atoms with van der Waals surface area (Å²) in [5.41, 5.74) is 0. The summed E-state index contributed by atoms with van der Waals surface area (Å²) < 4.78 is 0. The molecule has 1 fully saturated rings. The molecule has 0 bridgehead atoms. The van der Waals surface area contributed by atoms with E-state index in [0.717, 1.165) is 18.8 Å². The lowest BCUT2D eigenvalue weighted by atomic mass is 9.89. The summed E-state index contributed by atoms with van der Waals surface area (Å²) in [7, 11) is 0. The van der Waals surface area contributed by atoms with Gasteiger partial charge in [0.15, 0.2) is 0 Å². The van der Waals surface area contributed by atoms with Gasteiger partial charge in [-0.2, -0.15) is 0 Å². The molecule has 82 valence electrons. The predicted octanol–water partition coefficient (Wildman–Crippen LogP) is 2.69. The van der Waals surface area contributed by atoms with Gasteiger partial charge in [-0.1, -0.05) is 12.8 Å². The third kappa shape index (κ3) is 3.06. The average molecular weight is 226 g/mol. The van der Waals surface area contributed by atoms with Crippen molar-refractivity contribution in [3.8, 4) is 0 Å². The van der Waals surface area contributed by atoms with E-state index in [4.69, 9.17) is 11.6 Å². The van der Waals surface area contributed by atoms with E-state index in [0.29, 0.717) is 11.3 Å². The number of aromatic nitrogens is 2. The van der Waals surface area contributed by atoms with Gasteiger partial charge in [0.1, 0.15) is 12.1 Å². The summed E-state index contributed by atoms with van der Waals surface area (Å²) in [6, 6.07) is 1.88. The van der Waals surface area contributed by atoms with Crippen molar-refractivity contribution in [2.24, 2.45) is 5.92 Å². The molecule has 1 N–H and O–H groups in total. The van der Waals surface area contributed by atoms with Crippen molar-refractivity contribution in [2.45, 2.75) is 31.1 Å². The van der Waals surface area contributed by atoms with Gasteiger partial charge < -0.3 is 5.32 Å². The third-order valence-corrected chi connectivity index (χ3v) is 3.52. The van der Waals surface area contributed by atoms with Crippen LogP contribution in [0.2, 0.25) is 0 Å². The minimum Gasteiger partial charge on any atom is -0.370 e. The minimum absolute atomic E-state index is 0.327. The summed E-state index contributed by atoms with van der Waals surface area (Å²) in [5, 5.41) is 3.64. The molecule has 0 aromatic carbocycles. The van der Waals surface area contributed by atoms with Gasteiger partial charge >= 0.3 is 0 Å². The van der Waals surface area contributed by atoms with Gasteiger partial charge in [-0.3, -0.25) is 0 Å². The smallest absolute Gasteiger partial charge is 0.129 e. The maximum Gasteiger partial charge on any atom is 0.129 e. The summed E-state index contributed by atoms with van der Waals surface area (Å²) in [6.07, 6.45) is 8.26. The van der Waals surface area contributed by atoms with Crippen LogP contribution in [-0.4, -0.2) is 21.9 Å². The number of nitrogens with one attached hydrogen (secondary N) is 1. The number of rotatable bonds is 3. The lowest BCUT2D eigenvalue weighted by molar-refractivity contribution is 0.380. The highest BCUT2D eigenvalue weighted by atomic mass is 35.5. The second-order valence-electron chi connectivity index (χ2n) is 4.04. The number of anilines is 1. The summed E-state index contributed by atoms with van der Waals surface area (Å²) in [5.74, 6) is 1.47. The molecule has 2 atom stereocenters. The van der Waals surface area contributed by atoms with E-state index in [1.165, 1.54) is 19.3 Å². The molecule has 1 saturated carbocycles. The van der Waals surface area contributed by atoms with Crippen molar-refractivity contribution < 1.29 is 0 Å². The van der Waals surface area contributed by atoms with Gasteiger partial charge in [-0.25, -0.2) is 9.97 Å². The first-order valence-electron chi connectivity index (χ1n) is 5.50. The van der Waals surface area contributed by atoms with Gasteiger partial charge in [0.2, 0.25) is 0 Å². The van der Waals surface area contributed by atoms with Crippen LogP contribution < -0.4 is 5.32 Å². The number of nitrogens with zero attached hydrogens (tertiary/aromatic N) is 2. The number of hydrogen-bond donors (Lipinski definition) is 1. The SMILES string of the molecule is ClC1CCCCC1CNc1ccncn1. The van der Waals surface area contributed by atoms with Crippen LogP contribution in [0.3, 0.4) is 0 Å². The molecule has 0 saturated heterocycles. The van der Waals surface area contributed by atoms with E-state index in [-0.39, 0.29) is 0 Å². The van der Waals surface area contributed by atoms with E-state index in [1.807, 2.05) is 6.07 Å². The van der Waals surface area contributed by atoms with Crippen LogP contribution in [0.15, 0.2) is 18.6 Å². The molecule has 1 aliphatic rings. The molecule has 0 amide bonds. The minimum atomic E-state index is 0.327. The molecule has 2 rings (SSSR count). The molecule has 0 spiro atoms. The topological polar surface area (TPSA) is 37.8 Å². The normalized spacial score (nSPS) is 26.2. The van der Waals surface area contributed by atoms with Gasteiger partial charge in [-0.05, 0) is 24.8 Å². The molecule has 4 heteroatoms. The highest BCUT2D eigenvalue weighted by molar-refractivity contribution is 6.20. The molecule has 1 heterocycles. The van der Waals surface area contributed by atoms with Crippen LogP contribution in [-0.2, 0) is 0 Å². The summed E-state index contributed by atoms with van der Waals surface area (Å²) in [4.78, 5) is 8.00. The van der Waals surface area contributed by atoms with Crippen molar-refractivity contribution in [3.63, 3.8) is 0 Å². The van der Waals surface area contributed by atoms with E-state index in [9.17, 15) is 0 Å². The van der Waals surface area contributed by atoms with Crippen molar-refractivity contribution in [1.29, 1.82) is 0 Å². The molecular formula is C11H16ClN3. The largest absolute Gasteiger partial charge is 0.370 e. The third-order valence-electron chi connectivity index (χ3n) is 2.94. The number of halogens is 1. The quantitative estimate of drug-likeness (QED) is 0.804. The van der Waals surface area contributed by atoms with Crippen LogP contribution in [0.5, 0.6) is 0 Å². The second-order valence-corrected chi connectivity index (χ2v) is 4.60. The summed E-state index contributed by atoms with van der Waals surface area (Å²) in [6.45, 7) is 0.922. The molecule has 1 aromatic rings. The second kappa shape index (κ2) is 5.31. The Balaban J connectivity index is 1.82. The lowest BCUT2D eigenvalue weighted by Crippen LogP contribution is -2.26. The lowest BCUT2D eigenvalue weighted by Gasteiger charge is -2.27. The fraction of sp³-hybridized carbons (Fsp3) is 0.636. The van der Waals surface area contributed by atoms with Gasteiger partial charge in [0.25, 0.3) is 0 Å². The highest BCUT2D eigenvalue weighted by Crippen LogP contribution is 2.28. The van der Waals surface area contributed by atoms with Crippen LogP contribution in [0, 0.1) is 5.92 Å². The predicted molar refractivity (Wildman–Crippen MR) is 62.1 cm³/mol. The van der Waals surface area contributed by atoms with Gasteiger partial charge in [-0.15, -0.1) is 11.6 Å². The fourth-order valence-electron chi connectivity index (χ4n) is 2.02. The summed E-state index contributed by atoms with van der Waals surface area (Å²) >= 11 is 6.28. The first-order valence-corrected chi connectivity index (χ1v) is 5.94. The first kappa shape index (κ1) is 10.7. The van der Waals surface area contributed by atoms with Gasteiger partial charge in [0.05, 0.1) is 0 Å². The molecular weight excluding hydrogens is 210 g/mol. The zero-order valence-electron chi connectivity index (χ0n) is 8.69. The molecule has 3 nitrogen and oxygen atoms in total. The fourth-order valence-corrected chi connectivity index (χ4v) is 2.39. The van der Waals surface area contributed by atoms with Crippen molar-refractivity contribution >= 4 is 17.4 Å². The van der Waals surface area contributed by atoms with Crippen molar-refractivity contribution in [1.82, 2.24) is 9.97 Å². The maximum absolute atomic E-state index is 6.28. The van der Waals surface area contributed by atoms with E-state index < -0.39 is 0 Å². The van der Waals surface area contributed by atoms with Crippen LogP contribution in [0.25, 0.3) is 0 Å². The number of alkyl halides is 1.